The number of furan rings is 1. The number of pyridine rings is 1. The zero-order chi connectivity index (χ0) is 16.9. The van der Waals surface area contributed by atoms with E-state index in [-0.39, 0.29) is 18.3 Å². The number of nitrogens with zero attached hydrogens (tertiary/aromatic N) is 1. The fraction of sp³-hybridized carbons (Fsp3) is 0.316. The van der Waals surface area contributed by atoms with Gasteiger partial charge in [0.1, 0.15) is 11.3 Å². The summed E-state index contributed by atoms with van der Waals surface area (Å²) >= 11 is 0. The van der Waals surface area contributed by atoms with Gasteiger partial charge in [0.2, 0.25) is 0 Å². The Hall–Kier alpha value is -2.11. The van der Waals surface area contributed by atoms with E-state index in [9.17, 15) is 0 Å². The molecule has 0 spiro atoms. The number of hydrogen-bond donors (Lipinski definition) is 0. The van der Waals surface area contributed by atoms with Crippen molar-refractivity contribution >= 4 is 23.7 Å². The molecule has 1 aromatic carbocycles. The Morgan fingerprint density at radius 3 is 2.21 bits per heavy atom. The van der Waals surface area contributed by atoms with E-state index in [1.807, 2.05) is 42.5 Å². The van der Waals surface area contributed by atoms with Crippen molar-refractivity contribution in [3.63, 3.8) is 0 Å². The van der Waals surface area contributed by atoms with Gasteiger partial charge in [0.05, 0.1) is 11.2 Å². The van der Waals surface area contributed by atoms with Gasteiger partial charge in [0.25, 0.3) is 0 Å². The molecule has 0 radical (unpaired) electrons. The lowest BCUT2D eigenvalue weighted by molar-refractivity contribution is 0.00578. The summed E-state index contributed by atoms with van der Waals surface area (Å²) in [5.41, 5.74) is 3.01. The SMILES string of the molecule is CC1(C)OB(c2ccc(-c3cc4ncccc4o3)cc2)OC1(C)C. The third-order valence-corrected chi connectivity index (χ3v) is 5.01. The van der Waals surface area contributed by atoms with Crippen LogP contribution in [0, 0.1) is 0 Å². The summed E-state index contributed by atoms with van der Waals surface area (Å²) in [6, 6.07) is 13.9. The molecule has 0 atom stereocenters. The quantitative estimate of drug-likeness (QED) is 0.674. The highest BCUT2D eigenvalue weighted by Crippen LogP contribution is 2.36. The number of rotatable bonds is 2. The minimum absolute atomic E-state index is 0.333. The van der Waals surface area contributed by atoms with Crippen LogP contribution in [0.1, 0.15) is 27.7 Å². The lowest BCUT2D eigenvalue weighted by Crippen LogP contribution is -2.41. The van der Waals surface area contributed by atoms with Gasteiger partial charge in [-0.15, -0.1) is 0 Å². The van der Waals surface area contributed by atoms with Crippen LogP contribution in [0.2, 0.25) is 0 Å². The Morgan fingerprint density at radius 1 is 0.917 bits per heavy atom. The van der Waals surface area contributed by atoms with Gasteiger partial charge in [0, 0.05) is 17.8 Å². The van der Waals surface area contributed by atoms with E-state index >= 15 is 0 Å². The number of aromatic nitrogens is 1. The second-order valence-electron chi connectivity index (χ2n) is 7.21. The molecule has 0 aliphatic carbocycles. The summed E-state index contributed by atoms with van der Waals surface area (Å²) in [7, 11) is -0.346. The zero-order valence-electron chi connectivity index (χ0n) is 14.4. The van der Waals surface area contributed by atoms with Crippen molar-refractivity contribution in [2.24, 2.45) is 0 Å². The van der Waals surface area contributed by atoms with Crippen LogP contribution in [-0.4, -0.2) is 23.3 Å². The minimum Gasteiger partial charge on any atom is -0.454 e. The van der Waals surface area contributed by atoms with Crippen LogP contribution >= 0.6 is 0 Å². The maximum atomic E-state index is 6.09. The summed E-state index contributed by atoms with van der Waals surface area (Å²) in [4.78, 5) is 4.31. The van der Waals surface area contributed by atoms with Gasteiger partial charge in [-0.25, -0.2) is 0 Å². The van der Waals surface area contributed by atoms with Gasteiger partial charge < -0.3 is 13.7 Å². The molecule has 4 nitrogen and oxygen atoms in total. The third kappa shape index (κ3) is 2.45. The smallest absolute Gasteiger partial charge is 0.454 e. The average molecular weight is 321 g/mol. The summed E-state index contributed by atoms with van der Waals surface area (Å²) < 4.78 is 18.0. The molecule has 0 bridgehead atoms. The molecule has 1 aliphatic rings. The first-order chi connectivity index (χ1) is 11.4. The van der Waals surface area contributed by atoms with Crippen LogP contribution in [-0.2, 0) is 9.31 Å². The first kappa shape index (κ1) is 15.4. The largest absolute Gasteiger partial charge is 0.494 e. The van der Waals surface area contributed by atoms with Crippen LogP contribution in [0.5, 0.6) is 0 Å². The molecule has 2 aromatic heterocycles. The molecule has 1 fully saturated rings. The van der Waals surface area contributed by atoms with E-state index in [1.54, 1.807) is 6.20 Å². The van der Waals surface area contributed by atoms with Crippen LogP contribution in [0.15, 0.2) is 53.1 Å². The first-order valence-corrected chi connectivity index (χ1v) is 8.16. The Morgan fingerprint density at radius 2 is 1.58 bits per heavy atom. The number of fused-ring (bicyclic) bond motifs is 1. The van der Waals surface area contributed by atoms with Crippen molar-refractivity contribution in [3.05, 3.63) is 48.7 Å². The van der Waals surface area contributed by atoms with E-state index in [2.05, 4.69) is 32.7 Å². The average Bonchev–Trinajstić information content (AvgIpc) is 3.06. The molecule has 1 aliphatic heterocycles. The normalized spacial score (nSPS) is 19.1. The number of hydrogen-bond acceptors (Lipinski definition) is 4. The van der Waals surface area contributed by atoms with E-state index < -0.39 is 0 Å². The number of benzene rings is 1. The van der Waals surface area contributed by atoms with E-state index in [0.717, 1.165) is 27.9 Å². The standard InChI is InChI=1S/C19H20BNO3/c1-18(2)19(3,4)24-20(23-18)14-9-7-13(8-10-14)17-12-15-16(22-17)6-5-11-21-15/h5-12H,1-4H3. The fourth-order valence-electron chi connectivity index (χ4n) is 2.80. The third-order valence-electron chi connectivity index (χ3n) is 5.01. The highest BCUT2D eigenvalue weighted by atomic mass is 16.7. The Labute approximate surface area is 141 Å². The second kappa shape index (κ2) is 5.20. The summed E-state index contributed by atoms with van der Waals surface area (Å²) in [5, 5.41) is 0. The van der Waals surface area contributed by atoms with Gasteiger partial charge in [-0.3, -0.25) is 4.98 Å². The lowest BCUT2D eigenvalue weighted by Gasteiger charge is -2.32. The van der Waals surface area contributed by atoms with Gasteiger partial charge in [-0.2, -0.15) is 0 Å². The Balaban J connectivity index is 1.61. The highest BCUT2D eigenvalue weighted by Gasteiger charge is 2.51. The molecule has 24 heavy (non-hydrogen) atoms. The summed E-state index contributed by atoms with van der Waals surface area (Å²) in [6.45, 7) is 8.23. The van der Waals surface area contributed by atoms with Crippen LogP contribution < -0.4 is 5.46 Å². The van der Waals surface area contributed by atoms with Gasteiger partial charge in [0.15, 0.2) is 5.58 Å². The monoisotopic (exact) mass is 321 g/mol. The second-order valence-corrected chi connectivity index (χ2v) is 7.21. The predicted octanol–water partition coefficient (Wildman–Crippen LogP) is 3.79. The predicted molar refractivity (Wildman–Crippen MR) is 95.2 cm³/mol. The van der Waals surface area contributed by atoms with Crippen molar-refractivity contribution in [3.8, 4) is 11.3 Å². The van der Waals surface area contributed by atoms with Crippen molar-refractivity contribution in [1.82, 2.24) is 4.98 Å². The molecule has 3 heterocycles. The maximum absolute atomic E-state index is 6.09. The van der Waals surface area contributed by atoms with Crippen LogP contribution in [0.25, 0.3) is 22.4 Å². The van der Waals surface area contributed by atoms with E-state index in [1.165, 1.54) is 0 Å². The Bertz CT molecular complexity index is 834. The maximum Gasteiger partial charge on any atom is 0.494 e. The topological polar surface area (TPSA) is 44.5 Å². The first-order valence-electron chi connectivity index (χ1n) is 8.16. The van der Waals surface area contributed by atoms with E-state index in [0.29, 0.717) is 0 Å². The Kier molecular flexibility index (Phi) is 3.34. The van der Waals surface area contributed by atoms with Crippen molar-refractivity contribution in [1.29, 1.82) is 0 Å². The molecule has 0 saturated carbocycles. The lowest BCUT2D eigenvalue weighted by atomic mass is 9.79. The van der Waals surface area contributed by atoms with Gasteiger partial charge in [-0.05, 0) is 45.3 Å². The molecular weight excluding hydrogens is 301 g/mol. The zero-order valence-corrected chi connectivity index (χ0v) is 14.4. The van der Waals surface area contributed by atoms with Crippen molar-refractivity contribution < 1.29 is 13.7 Å². The molecule has 0 unspecified atom stereocenters. The van der Waals surface area contributed by atoms with Gasteiger partial charge >= 0.3 is 7.12 Å². The minimum atomic E-state index is -0.346. The molecular formula is C19H20BNO3. The fourth-order valence-corrected chi connectivity index (χ4v) is 2.80. The summed E-state index contributed by atoms with van der Waals surface area (Å²) in [5.74, 6) is 0.809. The summed E-state index contributed by atoms with van der Waals surface area (Å²) in [6.07, 6.45) is 1.77. The molecule has 0 N–H and O–H groups in total. The van der Waals surface area contributed by atoms with E-state index in [4.69, 9.17) is 13.7 Å². The molecule has 5 heteroatoms. The van der Waals surface area contributed by atoms with Crippen LogP contribution in [0.3, 0.4) is 0 Å². The molecule has 0 amide bonds. The molecule has 1 saturated heterocycles. The molecule has 4 rings (SSSR count). The van der Waals surface area contributed by atoms with Crippen molar-refractivity contribution in [2.75, 3.05) is 0 Å². The highest BCUT2D eigenvalue weighted by molar-refractivity contribution is 6.62. The van der Waals surface area contributed by atoms with Crippen LogP contribution in [0.4, 0.5) is 0 Å². The van der Waals surface area contributed by atoms with Gasteiger partial charge in [-0.1, -0.05) is 24.3 Å². The molecule has 122 valence electrons. The molecule has 3 aromatic rings. The van der Waals surface area contributed by atoms with Crippen molar-refractivity contribution in [2.45, 2.75) is 38.9 Å².